The van der Waals surface area contributed by atoms with Gasteiger partial charge >= 0.3 is 0 Å². The van der Waals surface area contributed by atoms with Crippen molar-refractivity contribution in [3.63, 3.8) is 0 Å². The Morgan fingerprint density at radius 3 is 2.65 bits per heavy atom. The van der Waals surface area contributed by atoms with Crippen molar-refractivity contribution < 1.29 is 9.21 Å². The first kappa shape index (κ1) is 23.1. The molecule has 1 amide bonds. The number of rotatable bonds is 10. The maximum Gasteiger partial charge on any atom is 0.270 e. The first-order chi connectivity index (χ1) is 14.9. The number of nitrogens with one attached hydrogen (secondary N) is 1. The van der Waals surface area contributed by atoms with Gasteiger partial charge in [-0.05, 0) is 76.7 Å². The van der Waals surface area contributed by atoms with Crippen LogP contribution in [0.25, 0.3) is 17.1 Å². The predicted octanol–water partition coefficient (Wildman–Crippen LogP) is 5.33. The highest BCUT2D eigenvalue weighted by molar-refractivity contribution is 6.30. The van der Waals surface area contributed by atoms with Crippen molar-refractivity contribution in [3.05, 3.63) is 58.9 Å². The van der Waals surface area contributed by atoms with Crippen LogP contribution in [0, 0.1) is 6.92 Å². The number of hydrogen-bond acceptors (Lipinski definition) is 4. The van der Waals surface area contributed by atoms with Crippen LogP contribution in [0.4, 0.5) is 0 Å². The molecular formula is C24H31ClN4O2. The monoisotopic (exact) mass is 442 g/mol. The minimum Gasteiger partial charge on any atom is -0.460 e. The van der Waals surface area contributed by atoms with E-state index in [0.717, 1.165) is 43.9 Å². The maximum atomic E-state index is 13.1. The van der Waals surface area contributed by atoms with E-state index >= 15 is 0 Å². The molecule has 0 saturated heterocycles. The number of halogens is 1. The number of carbonyl (C=O) groups is 1. The van der Waals surface area contributed by atoms with Gasteiger partial charge in [0.15, 0.2) is 5.76 Å². The van der Waals surface area contributed by atoms with Crippen LogP contribution in [0.15, 0.2) is 46.9 Å². The number of amides is 1. The Labute approximate surface area is 189 Å². The van der Waals surface area contributed by atoms with Gasteiger partial charge in [-0.3, -0.25) is 4.79 Å². The van der Waals surface area contributed by atoms with Gasteiger partial charge in [-0.1, -0.05) is 31.5 Å². The van der Waals surface area contributed by atoms with Crippen LogP contribution in [0.1, 0.15) is 49.9 Å². The van der Waals surface area contributed by atoms with Crippen molar-refractivity contribution in [3.8, 4) is 17.1 Å². The first-order valence-electron chi connectivity index (χ1n) is 10.9. The zero-order valence-electron chi connectivity index (χ0n) is 18.7. The summed E-state index contributed by atoms with van der Waals surface area (Å²) in [5, 5.41) is 8.34. The summed E-state index contributed by atoms with van der Waals surface area (Å²) in [6, 6.07) is 12.9. The molecule has 2 aromatic heterocycles. The molecule has 0 fully saturated rings. The fourth-order valence-electron chi connectivity index (χ4n) is 3.57. The molecule has 0 bridgehead atoms. The SMILES string of the molecule is CCN(CC)CCCC(C)NC(=O)c1cc(-c2ccc(C)o2)nn1-c1cccc(Cl)c1. The Bertz CT molecular complexity index is 1010. The van der Waals surface area contributed by atoms with Gasteiger partial charge in [-0.2, -0.15) is 5.10 Å². The highest BCUT2D eigenvalue weighted by Gasteiger charge is 2.20. The van der Waals surface area contributed by atoms with Gasteiger partial charge in [-0.15, -0.1) is 0 Å². The third kappa shape index (κ3) is 5.99. The Balaban J connectivity index is 1.79. The number of benzene rings is 1. The quantitative estimate of drug-likeness (QED) is 0.460. The van der Waals surface area contributed by atoms with E-state index in [4.69, 9.17) is 16.0 Å². The third-order valence-electron chi connectivity index (χ3n) is 5.37. The summed E-state index contributed by atoms with van der Waals surface area (Å²) in [5.74, 6) is 1.25. The summed E-state index contributed by atoms with van der Waals surface area (Å²) in [7, 11) is 0. The zero-order chi connectivity index (χ0) is 22.4. The second kappa shape index (κ2) is 10.6. The largest absolute Gasteiger partial charge is 0.460 e. The molecule has 166 valence electrons. The summed E-state index contributed by atoms with van der Waals surface area (Å²) < 4.78 is 7.34. The van der Waals surface area contributed by atoms with Crippen molar-refractivity contribution in [2.45, 2.75) is 46.6 Å². The molecule has 2 heterocycles. The second-order valence-electron chi connectivity index (χ2n) is 7.76. The van der Waals surface area contributed by atoms with Crippen molar-refractivity contribution in [1.82, 2.24) is 20.0 Å². The van der Waals surface area contributed by atoms with Crippen molar-refractivity contribution in [2.24, 2.45) is 0 Å². The van der Waals surface area contributed by atoms with E-state index in [-0.39, 0.29) is 11.9 Å². The van der Waals surface area contributed by atoms with Gasteiger partial charge in [0.1, 0.15) is 17.1 Å². The lowest BCUT2D eigenvalue weighted by molar-refractivity contribution is 0.0929. The molecule has 0 saturated carbocycles. The Kier molecular flexibility index (Phi) is 7.93. The molecule has 31 heavy (non-hydrogen) atoms. The minimum absolute atomic E-state index is 0.0556. The van der Waals surface area contributed by atoms with E-state index < -0.39 is 0 Å². The standard InChI is InChI=1S/C24H31ClN4O2/c1-5-28(6-2)14-8-9-17(3)26-24(30)22-16-21(23-13-12-18(4)31-23)27-29(22)20-11-7-10-19(25)15-20/h7,10-13,15-17H,5-6,8-9,14H2,1-4H3,(H,26,30). The Morgan fingerprint density at radius 1 is 1.23 bits per heavy atom. The smallest absolute Gasteiger partial charge is 0.270 e. The summed E-state index contributed by atoms with van der Waals surface area (Å²) in [5.41, 5.74) is 1.77. The van der Waals surface area contributed by atoms with E-state index in [2.05, 4.69) is 29.2 Å². The van der Waals surface area contributed by atoms with Gasteiger partial charge in [0.2, 0.25) is 0 Å². The molecular weight excluding hydrogens is 412 g/mol. The molecule has 0 aliphatic rings. The van der Waals surface area contributed by atoms with Gasteiger partial charge < -0.3 is 14.6 Å². The van der Waals surface area contributed by atoms with Crippen LogP contribution in [0.3, 0.4) is 0 Å². The molecule has 1 atom stereocenters. The van der Waals surface area contributed by atoms with Crippen LogP contribution in [0.2, 0.25) is 5.02 Å². The molecule has 0 aliphatic heterocycles. The number of nitrogens with zero attached hydrogens (tertiary/aromatic N) is 3. The third-order valence-corrected chi connectivity index (χ3v) is 5.61. The second-order valence-corrected chi connectivity index (χ2v) is 8.20. The van der Waals surface area contributed by atoms with E-state index in [1.165, 1.54) is 0 Å². The molecule has 1 unspecified atom stereocenters. The van der Waals surface area contributed by atoms with E-state index in [1.54, 1.807) is 22.9 Å². The number of aryl methyl sites for hydroxylation is 1. The topological polar surface area (TPSA) is 63.3 Å². The van der Waals surface area contributed by atoms with Crippen molar-refractivity contribution in [1.29, 1.82) is 0 Å². The summed E-state index contributed by atoms with van der Waals surface area (Å²) in [6.07, 6.45) is 1.95. The predicted molar refractivity (Wildman–Crippen MR) is 125 cm³/mol. The molecule has 0 radical (unpaired) electrons. The molecule has 1 N–H and O–H groups in total. The number of aromatic nitrogens is 2. The lowest BCUT2D eigenvalue weighted by atomic mass is 10.1. The highest BCUT2D eigenvalue weighted by atomic mass is 35.5. The zero-order valence-corrected chi connectivity index (χ0v) is 19.4. The van der Waals surface area contributed by atoms with E-state index in [9.17, 15) is 4.79 Å². The molecule has 3 rings (SSSR count). The molecule has 7 heteroatoms. The van der Waals surface area contributed by atoms with Crippen LogP contribution in [-0.2, 0) is 0 Å². The summed E-state index contributed by atoms with van der Waals surface area (Å²) in [4.78, 5) is 15.5. The van der Waals surface area contributed by atoms with Crippen LogP contribution in [0.5, 0.6) is 0 Å². The summed E-state index contributed by atoms with van der Waals surface area (Å²) in [6.45, 7) is 11.4. The Hall–Kier alpha value is -2.57. The number of carbonyl (C=O) groups excluding carboxylic acids is 1. The number of hydrogen-bond donors (Lipinski definition) is 1. The van der Waals surface area contributed by atoms with Gasteiger partial charge in [-0.25, -0.2) is 4.68 Å². The van der Waals surface area contributed by atoms with Crippen molar-refractivity contribution >= 4 is 17.5 Å². The molecule has 0 aliphatic carbocycles. The molecule has 0 spiro atoms. The van der Waals surface area contributed by atoms with Crippen LogP contribution < -0.4 is 5.32 Å². The lowest BCUT2D eigenvalue weighted by Gasteiger charge is -2.20. The van der Waals surface area contributed by atoms with Crippen molar-refractivity contribution in [2.75, 3.05) is 19.6 Å². The molecule has 6 nitrogen and oxygen atoms in total. The average Bonchev–Trinajstić information content (AvgIpc) is 3.38. The van der Waals surface area contributed by atoms with E-state index in [1.807, 2.05) is 38.1 Å². The first-order valence-corrected chi connectivity index (χ1v) is 11.2. The van der Waals surface area contributed by atoms with Gasteiger partial charge in [0.05, 0.1) is 5.69 Å². The average molecular weight is 443 g/mol. The van der Waals surface area contributed by atoms with Gasteiger partial charge in [0, 0.05) is 17.1 Å². The molecule has 3 aromatic rings. The maximum absolute atomic E-state index is 13.1. The number of furan rings is 1. The fraction of sp³-hybridized carbons (Fsp3) is 0.417. The van der Waals surface area contributed by atoms with Crippen LogP contribution >= 0.6 is 11.6 Å². The lowest BCUT2D eigenvalue weighted by Crippen LogP contribution is -2.34. The van der Waals surface area contributed by atoms with Gasteiger partial charge in [0.25, 0.3) is 5.91 Å². The summed E-state index contributed by atoms with van der Waals surface area (Å²) >= 11 is 6.18. The highest BCUT2D eigenvalue weighted by Crippen LogP contribution is 2.25. The fourth-order valence-corrected chi connectivity index (χ4v) is 3.76. The normalized spacial score (nSPS) is 12.3. The molecule has 1 aromatic carbocycles. The van der Waals surface area contributed by atoms with Crippen LogP contribution in [-0.4, -0.2) is 46.3 Å². The Morgan fingerprint density at radius 2 is 2.00 bits per heavy atom. The minimum atomic E-state index is -0.169. The van der Waals surface area contributed by atoms with E-state index in [0.29, 0.717) is 22.2 Å².